The number of aromatic nitrogens is 1. The van der Waals surface area contributed by atoms with Gasteiger partial charge in [-0.2, -0.15) is 0 Å². The van der Waals surface area contributed by atoms with Crippen LogP contribution in [0.2, 0.25) is 0 Å². The summed E-state index contributed by atoms with van der Waals surface area (Å²) in [6.07, 6.45) is 2.02. The van der Waals surface area contributed by atoms with Crippen LogP contribution < -0.4 is 5.32 Å². The highest BCUT2D eigenvalue weighted by Gasteiger charge is 2.18. The highest BCUT2D eigenvalue weighted by atomic mass is 32.1. The molecule has 1 atom stereocenters. The molecular formula is C15H29N3S. The van der Waals surface area contributed by atoms with Crippen LogP contribution in [0.15, 0.2) is 6.20 Å². The van der Waals surface area contributed by atoms with Gasteiger partial charge in [0.25, 0.3) is 0 Å². The summed E-state index contributed by atoms with van der Waals surface area (Å²) < 4.78 is 0. The van der Waals surface area contributed by atoms with Gasteiger partial charge in [-0.25, -0.2) is 4.98 Å². The third-order valence-corrected chi connectivity index (χ3v) is 4.67. The summed E-state index contributed by atoms with van der Waals surface area (Å²) in [5.41, 5.74) is 0.162. The average Bonchev–Trinajstić information content (AvgIpc) is 2.82. The minimum atomic E-state index is 0.162. The first-order chi connectivity index (χ1) is 8.86. The lowest BCUT2D eigenvalue weighted by Gasteiger charge is -2.23. The number of thiazole rings is 1. The van der Waals surface area contributed by atoms with Crippen molar-refractivity contribution < 1.29 is 0 Å². The zero-order chi connectivity index (χ0) is 14.5. The van der Waals surface area contributed by atoms with Crippen molar-refractivity contribution >= 4 is 11.3 Å². The van der Waals surface area contributed by atoms with Crippen LogP contribution in [0.1, 0.15) is 51.4 Å². The van der Waals surface area contributed by atoms with E-state index in [4.69, 9.17) is 0 Å². The molecule has 0 spiro atoms. The highest BCUT2D eigenvalue weighted by Crippen LogP contribution is 2.26. The molecule has 0 saturated heterocycles. The fourth-order valence-corrected chi connectivity index (χ4v) is 2.87. The predicted octanol–water partition coefficient (Wildman–Crippen LogP) is 3.26. The van der Waals surface area contributed by atoms with E-state index in [9.17, 15) is 0 Å². The maximum atomic E-state index is 4.53. The zero-order valence-electron chi connectivity index (χ0n) is 13.3. The molecule has 3 nitrogen and oxygen atoms in total. The van der Waals surface area contributed by atoms with E-state index in [0.717, 1.165) is 26.2 Å². The Balaban J connectivity index is 2.42. The molecule has 0 aliphatic rings. The van der Waals surface area contributed by atoms with Crippen LogP contribution in [0.3, 0.4) is 0 Å². The molecule has 0 amide bonds. The Hall–Kier alpha value is -0.450. The second-order valence-corrected chi connectivity index (χ2v) is 7.26. The van der Waals surface area contributed by atoms with E-state index in [2.05, 4.69) is 56.7 Å². The molecule has 0 saturated carbocycles. The molecule has 0 aliphatic heterocycles. The van der Waals surface area contributed by atoms with E-state index >= 15 is 0 Å². The van der Waals surface area contributed by atoms with E-state index in [-0.39, 0.29) is 5.41 Å². The number of nitrogens with one attached hydrogen (secondary N) is 1. The molecule has 0 bridgehead atoms. The standard InChI is InChI=1S/C15H29N3S/c1-7-18(8-2)11-12(3)16-9-13-10-17-14(19-13)15(4,5)6/h10,12,16H,7-9,11H2,1-6H3. The van der Waals surface area contributed by atoms with Crippen LogP contribution >= 0.6 is 11.3 Å². The molecule has 1 heterocycles. The van der Waals surface area contributed by atoms with Crippen LogP contribution in [0, 0.1) is 0 Å². The number of nitrogens with zero attached hydrogens (tertiary/aromatic N) is 2. The first-order valence-corrected chi connectivity index (χ1v) is 8.09. The Bertz CT molecular complexity index is 364. The third kappa shape index (κ3) is 5.59. The van der Waals surface area contributed by atoms with Gasteiger partial charge >= 0.3 is 0 Å². The second kappa shape index (κ2) is 7.36. The number of rotatable bonds is 7. The van der Waals surface area contributed by atoms with Crippen LogP contribution in [0.4, 0.5) is 0 Å². The Kier molecular flexibility index (Phi) is 6.43. The van der Waals surface area contributed by atoms with E-state index in [1.54, 1.807) is 0 Å². The summed E-state index contributed by atoms with van der Waals surface area (Å²) in [6.45, 7) is 17.6. The quantitative estimate of drug-likeness (QED) is 0.832. The largest absolute Gasteiger partial charge is 0.308 e. The van der Waals surface area contributed by atoms with Gasteiger partial charge in [0.15, 0.2) is 0 Å². The van der Waals surface area contributed by atoms with Gasteiger partial charge in [-0.3, -0.25) is 0 Å². The summed E-state index contributed by atoms with van der Waals surface area (Å²) in [4.78, 5) is 8.31. The Morgan fingerprint density at radius 3 is 2.42 bits per heavy atom. The molecular weight excluding hydrogens is 254 g/mol. The summed E-state index contributed by atoms with van der Waals surface area (Å²) in [7, 11) is 0. The van der Waals surface area contributed by atoms with Crippen LogP contribution in [0.25, 0.3) is 0 Å². The Morgan fingerprint density at radius 2 is 1.95 bits per heavy atom. The van der Waals surface area contributed by atoms with Gasteiger partial charge in [-0.1, -0.05) is 34.6 Å². The molecule has 4 heteroatoms. The van der Waals surface area contributed by atoms with Crippen LogP contribution in [0.5, 0.6) is 0 Å². The molecule has 1 N–H and O–H groups in total. The highest BCUT2D eigenvalue weighted by molar-refractivity contribution is 7.11. The maximum absolute atomic E-state index is 4.53. The van der Waals surface area contributed by atoms with Crippen molar-refractivity contribution in [1.29, 1.82) is 0 Å². The maximum Gasteiger partial charge on any atom is 0.0981 e. The lowest BCUT2D eigenvalue weighted by Crippen LogP contribution is -2.38. The van der Waals surface area contributed by atoms with Gasteiger partial charge in [-0.05, 0) is 20.0 Å². The second-order valence-electron chi connectivity index (χ2n) is 6.15. The predicted molar refractivity (Wildman–Crippen MR) is 84.9 cm³/mol. The van der Waals surface area contributed by atoms with Gasteiger partial charge in [0.2, 0.25) is 0 Å². The number of hydrogen-bond donors (Lipinski definition) is 1. The minimum absolute atomic E-state index is 0.162. The zero-order valence-corrected chi connectivity index (χ0v) is 14.1. The van der Waals surface area contributed by atoms with E-state index < -0.39 is 0 Å². The molecule has 0 radical (unpaired) electrons. The fraction of sp³-hybridized carbons (Fsp3) is 0.800. The normalized spacial score (nSPS) is 14.1. The molecule has 0 fully saturated rings. The monoisotopic (exact) mass is 283 g/mol. The molecule has 1 aromatic heterocycles. The SMILES string of the molecule is CCN(CC)CC(C)NCc1cnc(C(C)(C)C)s1. The molecule has 1 aromatic rings. The minimum Gasteiger partial charge on any atom is -0.308 e. The summed E-state index contributed by atoms with van der Waals surface area (Å²) in [5, 5.41) is 4.81. The van der Waals surface area contributed by atoms with Crippen molar-refractivity contribution in [2.75, 3.05) is 19.6 Å². The van der Waals surface area contributed by atoms with Gasteiger partial charge in [-0.15, -0.1) is 11.3 Å². The van der Waals surface area contributed by atoms with Crippen molar-refractivity contribution in [2.45, 2.75) is 59.5 Å². The molecule has 110 valence electrons. The lowest BCUT2D eigenvalue weighted by atomic mass is 9.98. The van der Waals surface area contributed by atoms with E-state index in [1.165, 1.54) is 9.88 Å². The summed E-state index contributed by atoms with van der Waals surface area (Å²) in [5.74, 6) is 0. The van der Waals surface area contributed by atoms with Crippen LogP contribution in [-0.4, -0.2) is 35.6 Å². The summed E-state index contributed by atoms with van der Waals surface area (Å²) >= 11 is 1.82. The van der Waals surface area contributed by atoms with Crippen molar-refractivity contribution in [1.82, 2.24) is 15.2 Å². The topological polar surface area (TPSA) is 28.2 Å². The lowest BCUT2D eigenvalue weighted by molar-refractivity contribution is 0.271. The van der Waals surface area contributed by atoms with Crippen molar-refractivity contribution in [3.8, 4) is 0 Å². The first-order valence-electron chi connectivity index (χ1n) is 7.27. The third-order valence-electron chi connectivity index (χ3n) is 3.25. The van der Waals surface area contributed by atoms with E-state index in [1.807, 2.05) is 17.5 Å². The van der Waals surface area contributed by atoms with E-state index in [0.29, 0.717) is 6.04 Å². The van der Waals surface area contributed by atoms with Crippen LogP contribution in [-0.2, 0) is 12.0 Å². The Morgan fingerprint density at radius 1 is 1.32 bits per heavy atom. The molecule has 1 unspecified atom stereocenters. The van der Waals surface area contributed by atoms with Crippen molar-refractivity contribution in [3.63, 3.8) is 0 Å². The van der Waals surface area contributed by atoms with Crippen molar-refractivity contribution in [3.05, 3.63) is 16.1 Å². The molecule has 0 aliphatic carbocycles. The van der Waals surface area contributed by atoms with Gasteiger partial charge in [0, 0.05) is 35.6 Å². The summed E-state index contributed by atoms with van der Waals surface area (Å²) in [6, 6.07) is 0.514. The molecule has 0 aromatic carbocycles. The first kappa shape index (κ1) is 16.6. The van der Waals surface area contributed by atoms with Gasteiger partial charge in [0.1, 0.15) is 0 Å². The molecule has 1 rings (SSSR count). The molecule has 19 heavy (non-hydrogen) atoms. The fourth-order valence-electron chi connectivity index (χ4n) is 1.94. The van der Waals surface area contributed by atoms with Gasteiger partial charge in [0.05, 0.1) is 5.01 Å². The number of hydrogen-bond acceptors (Lipinski definition) is 4. The number of likely N-dealkylation sites (N-methyl/N-ethyl adjacent to an activating group) is 1. The van der Waals surface area contributed by atoms with Crippen molar-refractivity contribution in [2.24, 2.45) is 0 Å². The Labute approximate surface area is 122 Å². The van der Waals surface area contributed by atoms with Gasteiger partial charge < -0.3 is 10.2 Å². The smallest absolute Gasteiger partial charge is 0.0981 e. The average molecular weight is 283 g/mol.